The van der Waals surface area contributed by atoms with Gasteiger partial charge in [0.05, 0.1) is 22.4 Å². The van der Waals surface area contributed by atoms with Crippen molar-refractivity contribution in [2.75, 3.05) is 16.0 Å². The van der Waals surface area contributed by atoms with Gasteiger partial charge in [0.15, 0.2) is 0 Å². The summed E-state index contributed by atoms with van der Waals surface area (Å²) >= 11 is 0. The predicted molar refractivity (Wildman–Crippen MR) is 146 cm³/mol. The lowest BCUT2D eigenvalue weighted by Crippen LogP contribution is -2.23. The number of nitrogens with one attached hydrogen (secondary N) is 3. The standard InChI is InChI=1S/C29H25N3O6/c1-15-8-16(2)25(17(3)9-15)32-29(38)31-24-14-19-7-5-4-6-18(19)13-23(24)26(33)30-22-11-20(27(34)35)10-21(12-22)28(36)37/h4-14H,1-3H3,(H,30,33)(H,34,35)(H,36,37)(H2,31,32,38). The number of rotatable bonds is 6. The monoisotopic (exact) mass is 511 g/mol. The van der Waals surface area contributed by atoms with Crippen molar-refractivity contribution in [1.29, 1.82) is 0 Å². The van der Waals surface area contributed by atoms with Gasteiger partial charge in [0.25, 0.3) is 5.91 Å². The summed E-state index contributed by atoms with van der Waals surface area (Å²) in [6.45, 7) is 5.75. The number of anilines is 3. The second-order valence-corrected chi connectivity index (χ2v) is 8.96. The van der Waals surface area contributed by atoms with Crippen molar-refractivity contribution in [3.8, 4) is 0 Å². The van der Waals surface area contributed by atoms with Gasteiger partial charge in [-0.2, -0.15) is 0 Å². The van der Waals surface area contributed by atoms with Crippen LogP contribution in [0, 0.1) is 20.8 Å². The fraction of sp³-hybridized carbons (Fsp3) is 0.103. The number of amides is 3. The van der Waals surface area contributed by atoms with Gasteiger partial charge in [-0.25, -0.2) is 14.4 Å². The SMILES string of the molecule is Cc1cc(C)c(NC(=O)Nc2cc3ccccc3cc2C(=O)Nc2cc(C(=O)O)cc(C(=O)O)c2)c(C)c1. The number of carbonyl (C=O) groups is 4. The molecule has 0 aliphatic heterocycles. The molecule has 0 aromatic heterocycles. The molecule has 0 aliphatic carbocycles. The summed E-state index contributed by atoms with van der Waals surface area (Å²) in [4.78, 5) is 49.3. The van der Waals surface area contributed by atoms with Gasteiger partial charge in [0.2, 0.25) is 0 Å². The average molecular weight is 512 g/mol. The van der Waals surface area contributed by atoms with E-state index in [0.717, 1.165) is 45.7 Å². The van der Waals surface area contributed by atoms with E-state index in [-0.39, 0.29) is 28.1 Å². The number of hydrogen-bond acceptors (Lipinski definition) is 4. The quantitative estimate of drug-likeness (QED) is 0.213. The van der Waals surface area contributed by atoms with Crippen LogP contribution in [0.15, 0.2) is 66.7 Å². The van der Waals surface area contributed by atoms with Crippen LogP contribution in [0.25, 0.3) is 10.8 Å². The van der Waals surface area contributed by atoms with Crippen LogP contribution in [0.1, 0.15) is 47.8 Å². The molecule has 0 bridgehead atoms. The topological polar surface area (TPSA) is 145 Å². The molecule has 3 amide bonds. The summed E-state index contributed by atoms with van der Waals surface area (Å²) in [5.74, 6) is -3.34. The minimum Gasteiger partial charge on any atom is -0.478 e. The Morgan fingerprint density at radius 2 is 1.21 bits per heavy atom. The number of carboxylic acid groups (broad SMARTS) is 2. The van der Waals surface area contributed by atoms with E-state index in [0.29, 0.717) is 5.69 Å². The molecular formula is C29H25N3O6. The second kappa shape index (κ2) is 10.4. The molecule has 0 unspecified atom stereocenters. The fourth-order valence-electron chi connectivity index (χ4n) is 4.32. The van der Waals surface area contributed by atoms with E-state index in [4.69, 9.17) is 0 Å². The molecule has 0 atom stereocenters. The third-order valence-electron chi connectivity index (χ3n) is 5.98. The molecule has 0 saturated carbocycles. The van der Waals surface area contributed by atoms with Crippen LogP contribution in [0.2, 0.25) is 0 Å². The maximum absolute atomic E-state index is 13.3. The van der Waals surface area contributed by atoms with Crippen LogP contribution in [0.4, 0.5) is 21.9 Å². The lowest BCUT2D eigenvalue weighted by Gasteiger charge is -2.16. The molecule has 4 aromatic rings. The Kier molecular flexibility index (Phi) is 7.11. The third kappa shape index (κ3) is 5.62. The molecule has 9 nitrogen and oxygen atoms in total. The highest BCUT2D eigenvalue weighted by Gasteiger charge is 2.18. The molecule has 4 rings (SSSR count). The first-order valence-corrected chi connectivity index (χ1v) is 11.6. The number of fused-ring (bicyclic) bond motifs is 1. The molecule has 5 N–H and O–H groups in total. The van der Waals surface area contributed by atoms with Crippen LogP contribution < -0.4 is 16.0 Å². The predicted octanol–water partition coefficient (Wildman–Crippen LogP) is 6.06. The first kappa shape index (κ1) is 25.9. The van der Waals surface area contributed by atoms with Gasteiger partial charge in [0, 0.05) is 11.4 Å². The number of hydrogen-bond donors (Lipinski definition) is 5. The molecule has 4 aromatic carbocycles. The molecule has 0 saturated heterocycles. The Balaban J connectivity index is 1.69. The first-order valence-electron chi connectivity index (χ1n) is 11.6. The van der Waals surface area contributed by atoms with Gasteiger partial charge in [-0.1, -0.05) is 42.0 Å². The first-order chi connectivity index (χ1) is 18.0. The molecular weight excluding hydrogens is 486 g/mol. The van der Waals surface area contributed by atoms with Gasteiger partial charge in [-0.05, 0) is 73.0 Å². The number of aryl methyl sites for hydroxylation is 3. The summed E-state index contributed by atoms with van der Waals surface area (Å²) in [5, 5.41) is 28.4. The number of urea groups is 1. The minimum atomic E-state index is -1.34. The molecule has 0 heterocycles. The number of carbonyl (C=O) groups excluding carboxylic acids is 2. The normalized spacial score (nSPS) is 10.6. The van der Waals surface area contributed by atoms with Crippen LogP contribution in [-0.2, 0) is 0 Å². The van der Waals surface area contributed by atoms with Gasteiger partial charge in [0.1, 0.15) is 0 Å². The van der Waals surface area contributed by atoms with Crippen molar-refractivity contribution in [2.24, 2.45) is 0 Å². The summed E-state index contributed by atoms with van der Waals surface area (Å²) in [6, 6.07) is 17.2. The largest absolute Gasteiger partial charge is 0.478 e. The van der Waals surface area contributed by atoms with E-state index in [1.165, 1.54) is 0 Å². The molecule has 0 spiro atoms. The van der Waals surface area contributed by atoms with E-state index in [1.807, 2.05) is 57.2 Å². The average Bonchev–Trinajstić information content (AvgIpc) is 2.85. The molecule has 0 fully saturated rings. The molecule has 192 valence electrons. The molecule has 9 heteroatoms. The summed E-state index contributed by atoms with van der Waals surface area (Å²) in [7, 11) is 0. The summed E-state index contributed by atoms with van der Waals surface area (Å²) < 4.78 is 0. The zero-order valence-corrected chi connectivity index (χ0v) is 20.9. The zero-order valence-electron chi connectivity index (χ0n) is 20.9. The summed E-state index contributed by atoms with van der Waals surface area (Å²) in [6.07, 6.45) is 0. The van der Waals surface area contributed by atoms with Crippen LogP contribution >= 0.6 is 0 Å². The van der Waals surface area contributed by atoms with Crippen LogP contribution in [-0.4, -0.2) is 34.1 Å². The lowest BCUT2D eigenvalue weighted by atomic mass is 10.0. The van der Waals surface area contributed by atoms with Crippen LogP contribution in [0.3, 0.4) is 0 Å². The highest BCUT2D eigenvalue weighted by atomic mass is 16.4. The van der Waals surface area contributed by atoms with Gasteiger partial charge < -0.3 is 26.2 Å². The van der Waals surface area contributed by atoms with E-state index < -0.39 is 23.9 Å². The lowest BCUT2D eigenvalue weighted by molar-refractivity contribution is 0.0696. The molecule has 0 aliphatic rings. The Hall–Kier alpha value is -5.18. The number of aromatic carboxylic acids is 2. The third-order valence-corrected chi connectivity index (χ3v) is 5.98. The van der Waals surface area contributed by atoms with Gasteiger partial charge in [-0.15, -0.1) is 0 Å². The zero-order chi connectivity index (χ0) is 27.6. The molecule has 0 radical (unpaired) electrons. The minimum absolute atomic E-state index is 0.0123. The fourth-order valence-corrected chi connectivity index (χ4v) is 4.32. The van der Waals surface area contributed by atoms with E-state index in [1.54, 1.807) is 12.1 Å². The van der Waals surface area contributed by atoms with Crippen molar-refractivity contribution in [3.63, 3.8) is 0 Å². The smallest absolute Gasteiger partial charge is 0.335 e. The van der Waals surface area contributed by atoms with Crippen molar-refractivity contribution in [1.82, 2.24) is 0 Å². The number of carboxylic acids is 2. The van der Waals surface area contributed by atoms with Crippen molar-refractivity contribution in [2.45, 2.75) is 20.8 Å². The highest BCUT2D eigenvalue weighted by Crippen LogP contribution is 2.27. The van der Waals surface area contributed by atoms with E-state index in [2.05, 4.69) is 16.0 Å². The maximum Gasteiger partial charge on any atom is 0.335 e. The van der Waals surface area contributed by atoms with E-state index >= 15 is 0 Å². The molecule has 38 heavy (non-hydrogen) atoms. The second-order valence-electron chi connectivity index (χ2n) is 8.96. The van der Waals surface area contributed by atoms with Crippen LogP contribution in [0.5, 0.6) is 0 Å². The van der Waals surface area contributed by atoms with Crippen molar-refractivity contribution < 1.29 is 29.4 Å². The number of benzene rings is 4. The van der Waals surface area contributed by atoms with Crippen molar-refractivity contribution in [3.05, 3.63) is 100 Å². The Morgan fingerprint density at radius 3 is 1.76 bits per heavy atom. The highest BCUT2D eigenvalue weighted by molar-refractivity contribution is 6.14. The Morgan fingerprint density at radius 1 is 0.658 bits per heavy atom. The van der Waals surface area contributed by atoms with Crippen molar-refractivity contribution >= 4 is 51.7 Å². The van der Waals surface area contributed by atoms with Gasteiger partial charge in [-0.3, -0.25) is 4.79 Å². The summed E-state index contributed by atoms with van der Waals surface area (Å²) in [5.41, 5.74) is 3.23. The van der Waals surface area contributed by atoms with E-state index in [9.17, 15) is 29.4 Å². The Bertz CT molecular complexity index is 1570. The Labute approximate surface area is 218 Å². The van der Waals surface area contributed by atoms with Gasteiger partial charge >= 0.3 is 18.0 Å². The maximum atomic E-state index is 13.3.